The Balaban J connectivity index is 1.43. The van der Waals surface area contributed by atoms with Crippen molar-refractivity contribution in [3.05, 3.63) is 48.7 Å². The summed E-state index contributed by atoms with van der Waals surface area (Å²) in [7, 11) is 1.68. The number of imidazole rings is 2. The van der Waals surface area contributed by atoms with Gasteiger partial charge in [0.25, 0.3) is 0 Å². The fourth-order valence-electron chi connectivity index (χ4n) is 3.28. The maximum atomic E-state index is 5.21. The van der Waals surface area contributed by atoms with E-state index in [-0.39, 0.29) is 0 Å². The monoisotopic (exact) mass is 323 g/mol. The van der Waals surface area contributed by atoms with Crippen molar-refractivity contribution in [2.24, 2.45) is 0 Å². The summed E-state index contributed by atoms with van der Waals surface area (Å²) in [5.41, 5.74) is 3.39. The summed E-state index contributed by atoms with van der Waals surface area (Å²) in [6.45, 7) is 2.00. The number of aromatic nitrogens is 4. The summed E-state index contributed by atoms with van der Waals surface area (Å²) in [5, 5.41) is 0. The van der Waals surface area contributed by atoms with Crippen molar-refractivity contribution in [3.63, 3.8) is 0 Å². The molecule has 0 saturated carbocycles. The van der Waals surface area contributed by atoms with Gasteiger partial charge in [-0.15, -0.1) is 0 Å². The van der Waals surface area contributed by atoms with Crippen LogP contribution >= 0.6 is 0 Å². The third-order valence-corrected chi connectivity index (χ3v) is 4.72. The number of hydrogen-bond donors (Lipinski definition) is 2. The zero-order valence-electron chi connectivity index (χ0n) is 13.7. The normalized spacial score (nSPS) is 15.6. The second kappa shape index (κ2) is 6.39. The number of H-pyrrole nitrogens is 2. The van der Waals surface area contributed by atoms with Crippen molar-refractivity contribution in [2.75, 3.05) is 25.1 Å². The first-order chi connectivity index (χ1) is 11.8. The molecule has 2 N–H and O–H groups in total. The van der Waals surface area contributed by atoms with Crippen LogP contribution in [-0.2, 0) is 0 Å². The summed E-state index contributed by atoms with van der Waals surface area (Å²) in [6, 6.07) is 8.01. The molecule has 1 saturated heterocycles. The van der Waals surface area contributed by atoms with Gasteiger partial charge in [-0.2, -0.15) is 0 Å². The van der Waals surface area contributed by atoms with Gasteiger partial charge in [0.05, 0.1) is 25.3 Å². The van der Waals surface area contributed by atoms with Crippen LogP contribution in [0.5, 0.6) is 5.75 Å². The average molecular weight is 323 g/mol. The fourth-order valence-corrected chi connectivity index (χ4v) is 3.28. The van der Waals surface area contributed by atoms with Crippen molar-refractivity contribution in [1.82, 2.24) is 19.9 Å². The van der Waals surface area contributed by atoms with Crippen LogP contribution in [0.4, 0.5) is 5.95 Å². The highest BCUT2D eigenvalue weighted by molar-refractivity contribution is 5.61. The number of anilines is 1. The molecule has 3 aromatic rings. The van der Waals surface area contributed by atoms with E-state index in [1.165, 1.54) is 5.69 Å². The first-order valence-corrected chi connectivity index (χ1v) is 8.26. The van der Waals surface area contributed by atoms with Gasteiger partial charge in [0.15, 0.2) is 0 Å². The van der Waals surface area contributed by atoms with E-state index in [1.807, 2.05) is 36.7 Å². The van der Waals surface area contributed by atoms with Crippen LogP contribution in [0.3, 0.4) is 0 Å². The quantitative estimate of drug-likeness (QED) is 0.773. The maximum absolute atomic E-state index is 5.21. The number of piperidine rings is 1. The van der Waals surface area contributed by atoms with Crippen LogP contribution in [0, 0.1) is 0 Å². The molecule has 0 spiro atoms. The summed E-state index contributed by atoms with van der Waals surface area (Å²) >= 11 is 0. The molecule has 6 heteroatoms. The topological polar surface area (TPSA) is 69.8 Å². The maximum Gasteiger partial charge on any atom is 0.203 e. The van der Waals surface area contributed by atoms with Crippen LogP contribution in [0.1, 0.15) is 24.5 Å². The van der Waals surface area contributed by atoms with Crippen LogP contribution in [0.15, 0.2) is 43.0 Å². The summed E-state index contributed by atoms with van der Waals surface area (Å²) in [4.78, 5) is 17.7. The molecular weight excluding hydrogens is 302 g/mol. The Morgan fingerprint density at radius 2 is 1.92 bits per heavy atom. The van der Waals surface area contributed by atoms with Crippen LogP contribution in [0.25, 0.3) is 11.3 Å². The fraction of sp³-hybridized carbons (Fsp3) is 0.333. The van der Waals surface area contributed by atoms with Gasteiger partial charge in [0.2, 0.25) is 5.95 Å². The number of ether oxygens (including phenoxy) is 1. The number of aromatic amines is 2. The van der Waals surface area contributed by atoms with Gasteiger partial charge in [-0.1, -0.05) is 0 Å². The van der Waals surface area contributed by atoms with Crippen molar-refractivity contribution in [2.45, 2.75) is 18.8 Å². The molecule has 0 unspecified atom stereocenters. The predicted octanol–water partition coefficient (Wildman–Crippen LogP) is 3.19. The Morgan fingerprint density at radius 1 is 1.12 bits per heavy atom. The lowest BCUT2D eigenvalue weighted by Gasteiger charge is -2.31. The molecular formula is C18H21N5O. The number of benzene rings is 1. The molecule has 124 valence electrons. The van der Waals surface area contributed by atoms with Gasteiger partial charge in [-0.05, 0) is 42.7 Å². The Hall–Kier alpha value is -2.76. The van der Waals surface area contributed by atoms with Crippen LogP contribution in [-0.4, -0.2) is 40.1 Å². The van der Waals surface area contributed by atoms with E-state index < -0.39 is 0 Å². The van der Waals surface area contributed by atoms with Gasteiger partial charge >= 0.3 is 0 Å². The molecule has 0 bridgehead atoms. The molecule has 0 amide bonds. The molecule has 24 heavy (non-hydrogen) atoms. The predicted molar refractivity (Wildman–Crippen MR) is 93.4 cm³/mol. The lowest BCUT2D eigenvalue weighted by Crippen LogP contribution is -2.33. The molecule has 1 aliphatic rings. The van der Waals surface area contributed by atoms with E-state index in [9.17, 15) is 0 Å². The number of methoxy groups -OCH3 is 1. The Labute approximate surface area is 140 Å². The van der Waals surface area contributed by atoms with Gasteiger partial charge in [-0.3, -0.25) is 0 Å². The number of nitrogens with zero attached hydrogens (tertiary/aromatic N) is 3. The number of nitrogens with one attached hydrogen (secondary N) is 2. The van der Waals surface area contributed by atoms with Crippen molar-refractivity contribution >= 4 is 5.95 Å². The summed E-state index contributed by atoms with van der Waals surface area (Å²) in [5.74, 6) is 2.38. The summed E-state index contributed by atoms with van der Waals surface area (Å²) < 4.78 is 5.21. The molecule has 4 rings (SSSR count). The van der Waals surface area contributed by atoms with Crippen molar-refractivity contribution in [1.29, 1.82) is 0 Å². The van der Waals surface area contributed by atoms with Crippen LogP contribution < -0.4 is 9.64 Å². The molecule has 0 aliphatic carbocycles. The van der Waals surface area contributed by atoms with Gasteiger partial charge < -0.3 is 19.6 Å². The number of rotatable bonds is 4. The van der Waals surface area contributed by atoms with E-state index in [0.717, 1.165) is 48.9 Å². The smallest absolute Gasteiger partial charge is 0.203 e. The number of hydrogen-bond acceptors (Lipinski definition) is 4. The van der Waals surface area contributed by atoms with Crippen molar-refractivity contribution in [3.8, 4) is 17.0 Å². The van der Waals surface area contributed by atoms with E-state index in [2.05, 4.69) is 24.8 Å². The largest absolute Gasteiger partial charge is 0.497 e. The molecule has 6 nitrogen and oxygen atoms in total. The Kier molecular flexibility index (Phi) is 3.94. The molecule has 3 heterocycles. The third kappa shape index (κ3) is 2.87. The van der Waals surface area contributed by atoms with E-state index in [1.54, 1.807) is 13.4 Å². The first kappa shape index (κ1) is 14.8. The molecule has 1 aliphatic heterocycles. The zero-order chi connectivity index (χ0) is 16.4. The van der Waals surface area contributed by atoms with E-state index in [4.69, 9.17) is 4.74 Å². The van der Waals surface area contributed by atoms with Crippen LogP contribution in [0.2, 0.25) is 0 Å². The Bertz CT molecular complexity index is 770. The first-order valence-electron chi connectivity index (χ1n) is 8.26. The zero-order valence-corrected chi connectivity index (χ0v) is 13.7. The average Bonchev–Trinajstić information content (AvgIpc) is 3.34. The minimum atomic E-state index is 0.569. The van der Waals surface area contributed by atoms with Gasteiger partial charge in [0, 0.05) is 30.9 Å². The molecule has 0 atom stereocenters. The molecule has 1 fully saturated rings. The third-order valence-electron chi connectivity index (χ3n) is 4.72. The lowest BCUT2D eigenvalue weighted by atomic mass is 9.94. The molecule has 0 radical (unpaired) electrons. The molecule has 1 aromatic carbocycles. The highest BCUT2D eigenvalue weighted by Gasteiger charge is 2.23. The van der Waals surface area contributed by atoms with Gasteiger partial charge in [-0.25, -0.2) is 9.97 Å². The minimum absolute atomic E-state index is 0.569. The van der Waals surface area contributed by atoms with E-state index in [0.29, 0.717) is 5.92 Å². The standard InChI is InChI=1S/C18H21N5O/c1-24-15-4-2-13(3-5-15)17-11-20-18(22-17)23-8-6-14(7-9-23)16-10-19-12-21-16/h2-5,10-12,14H,6-9H2,1H3,(H,19,21)(H,20,22). The lowest BCUT2D eigenvalue weighted by molar-refractivity contribution is 0.415. The van der Waals surface area contributed by atoms with Gasteiger partial charge in [0.1, 0.15) is 5.75 Å². The van der Waals surface area contributed by atoms with E-state index >= 15 is 0 Å². The SMILES string of the molecule is COc1ccc(-c2cnc(N3CCC(c4cnc[nH]4)CC3)[nH]2)cc1. The second-order valence-electron chi connectivity index (χ2n) is 6.12. The highest BCUT2D eigenvalue weighted by atomic mass is 16.5. The highest BCUT2D eigenvalue weighted by Crippen LogP contribution is 2.29. The summed E-state index contributed by atoms with van der Waals surface area (Å²) in [6.07, 6.45) is 7.82. The minimum Gasteiger partial charge on any atom is -0.497 e. The molecule has 2 aromatic heterocycles. The Morgan fingerprint density at radius 3 is 2.58 bits per heavy atom. The van der Waals surface area contributed by atoms with Crippen molar-refractivity contribution < 1.29 is 4.74 Å². The second-order valence-corrected chi connectivity index (χ2v) is 6.12.